The van der Waals surface area contributed by atoms with Gasteiger partial charge in [0.05, 0.1) is 24.9 Å². The number of nitrogens with one attached hydrogen (secondary N) is 2. The number of urea groups is 1. The van der Waals surface area contributed by atoms with Gasteiger partial charge in [-0.3, -0.25) is 0 Å². The van der Waals surface area contributed by atoms with Gasteiger partial charge in [-0.05, 0) is 37.1 Å². The SMILES string of the molecule is COC(=O)c1ccc(NC(=O)N[C@H]2CCO[C@@]3(CCOC3)C2)cc1. The summed E-state index contributed by atoms with van der Waals surface area (Å²) in [5.41, 5.74) is 0.820. The molecule has 3 rings (SSSR count). The van der Waals surface area contributed by atoms with Crippen molar-refractivity contribution in [2.45, 2.75) is 30.9 Å². The summed E-state index contributed by atoms with van der Waals surface area (Å²) in [6.07, 6.45) is 2.43. The van der Waals surface area contributed by atoms with Gasteiger partial charge in [0.15, 0.2) is 0 Å². The van der Waals surface area contributed by atoms with Crippen LogP contribution in [0, 0.1) is 0 Å². The van der Waals surface area contributed by atoms with E-state index in [9.17, 15) is 9.59 Å². The van der Waals surface area contributed by atoms with E-state index in [0.29, 0.717) is 31.1 Å². The summed E-state index contributed by atoms with van der Waals surface area (Å²) in [4.78, 5) is 23.6. The fraction of sp³-hybridized carbons (Fsp3) is 0.529. The molecule has 2 heterocycles. The van der Waals surface area contributed by atoms with Crippen LogP contribution in [0.5, 0.6) is 0 Å². The largest absolute Gasteiger partial charge is 0.465 e. The standard InChI is InChI=1S/C17H22N2O5/c1-22-15(20)12-2-4-13(5-3-12)18-16(21)19-14-6-8-24-17(10-14)7-9-23-11-17/h2-5,14H,6-11H2,1H3,(H2,18,19,21)/t14-,17-/m0/s1. The Hall–Kier alpha value is -2.12. The van der Waals surface area contributed by atoms with E-state index in [1.807, 2.05) is 0 Å². The second kappa shape index (κ2) is 7.19. The normalized spacial score (nSPS) is 26.1. The molecule has 0 aliphatic carbocycles. The van der Waals surface area contributed by atoms with Crippen molar-refractivity contribution >= 4 is 17.7 Å². The lowest BCUT2D eigenvalue weighted by Gasteiger charge is -2.37. The molecule has 24 heavy (non-hydrogen) atoms. The van der Waals surface area contributed by atoms with E-state index < -0.39 is 5.97 Å². The highest BCUT2D eigenvalue weighted by Crippen LogP contribution is 2.32. The Labute approximate surface area is 140 Å². The highest BCUT2D eigenvalue weighted by atomic mass is 16.6. The number of amides is 2. The van der Waals surface area contributed by atoms with Crippen LogP contribution in [-0.2, 0) is 14.2 Å². The van der Waals surface area contributed by atoms with Gasteiger partial charge in [0.25, 0.3) is 0 Å². The lowest BCUT2D eigenvalue weighted by atomic mass is 9.90. The molecule has 2 aliphatic rings. The summed E-state index contributed by atoms with van der Waals surface area (Å²) in [6, 6.07) is 6.36. The number of ether oxygens (including phenoxy) is 3. The molecule has 0 radical (unpaired) electrons. The van der Waals surface area contributed by atoms with Crippen LogP contribution < -0.4 is 10.6 Å². The first-order valence-electron chi connectivity index (χ1n) is 8.08. The molecule has 0 bridgehead atoms. The van der Waals surface area contributed by atoms with E-state index in [0.717, 1.165) is 19.3 Å². The van der Waals surface area contributed by atoms with Crippen LogP contribution >= 0.6 is 0 Å². The number of anilines is 1. The highest BCUT2D eigenvalue weighted by Gasteiger charge is 2.41. The molecule has 2 N–H and O–H groups in total. The summed E-state index contributed by atoms with van der Waals surface area (Å²) < 4.78 is 15.9. The van der Waals surface area contributed by atoms with Crippen LogP contribution in [0.1, 0.15) is 29.6 Å². The van der Waals surface area contributed by atoms with E-state index in [-0.39, 0.29) is 17.7 Å². The van der Waals surface area contributed by atoms with Crippen molar-refractivity contribution < 1.29 is 23.8 Å². The fourth-order valence-electron chi connectivity index (χ4n) is 3.17. The molecule has 2 saturated heterocycles. The Morgan fingerprint density at radius 2 is 2.04 bits per heavy atom. The molecule has 7 nitrogen and oxygen atoms in total. The van der Waals surface area contributed by atoms with Crippen molar-refractivity contribution in [2.75, 3.05) is 32.2 Å². The zero-order valence-electron chi connectivity index (χ0n) is 13.7. The third-order valence-electron chi connectivity index (χ3n) is 4.46. The number of benzene rings is 1. The van der Waals surface area contributed by atoms with Gasteiger partial charge in [0.2, 0.25) is 0 Å². The summed E-state index contributed by atoms with van der Waals surface area (Å²) in [5, 5.41) is 5.77. The summed E-state index contributed by atoms with van der Waals surface area (Å²) >= 11 is 0. The predicted octanol–water partition coefficient (Wildman–Crippen LogP) is 1.93. The first kappa shape index (κ1) is 16.7. The highest BCUT2D eigenvalue weighted by molar-refractivity contribution is 5.92. The van der Waals surface area contributed by atoms with Gasteiger partial charge < -0.3 is 24.8 Å². The summed E-state index contributed by atoms with van der Waals surface area (Å²) in [7, 11) is 1.33. The minimum absolute atomic E-state index is 0.0646. The van der Waals surface area contributed by atoms with Crippen molar-refractivity contribution in [1.29, 1.82) is 0 Å². The molecule has 0 aromatic heterocycles. The third kappa shape index (κ3) is 3.85. The Kier molecular flexibility index (Phi) is 5.01. The maximum Gasteiger partial charge on any atom is 0.337 e. The number of hydrogen-bond acceptors (Lipinski definition) is 5. The molecule has 0 unspecified atom stereocenters. The quantitative estimate of drug-likeness (QED) is 0.825. The fourth-order valence-corrected chi connectivity index (χ4v) is 3.17. The van der Waals surface area contributed by atoms with Crippen molar-refractivity contribution in [2.24, 2.45) is 0 Å². The predicted molar refractivity (Wildman–Crippen MR) is 87.1 cm³/mol. The van der Waals surface area contributed by atoms with E-state index in [1.165, 1.54) is 7.11 Å². The van der Waals surface area contributed by atoms with Gasteiger partial charge >= 0.3 is 12.0 Å². The van der Waals surface area contributed by atoms with E-state index in [4.69, 9.17) is 9.47 Å². The smallest absolute Gasteiger partial charge is 0.337 e. The second-order valence-corrected chi connectivity index (χ2v) is 6.19. The van der Waals surface area contributed by atoms with Crippen molar-refractivity contribution in [3.05, 3.63) is 29.8 Å². The maximum absolute atomic E-state index is 12.2. The molecule has 1 aromatic carbocycles. The number of esters is 1. The van der Waals surface area contributed by atoms with Crippen molar-refractivity contribution in [3.8, 4) is 0 Å². The summed E-state index contributed by atoms with van der Waals surface area (Å²) in [5.74, 6) is -0.405. The maximum atomic E-state index is 12.2. The van der Waals surface area contributed by atoms with Gasteiger partial charge in [-0.25, -0.2) is 9.59 Å². The minimum Gasteiger partial charge on any atom is -0.465 e. The average molecular weight is 334 g/mol. The molecule has 2 atom stereocenters. The molecule has 2 aliphatic heterocycles. The van der Waals surface area contributed by atoms with Crippen LogP contribution in [-0.4, -0.2) is 50.6 Å². The van der Waals surface area contributed by atoms with Gasteiger partial charge in [0.1, 0.15) is 0 Å². The Morgan fingerprint density at radius 1 is 1.25 bits per heavy atom. The van der Waals surface area contributed by atoms with Gasteiger partial charge in [0, 0.05) is 31.4 Å². The monoisotopic (exact) mass is 334 g/mol. The molecule has 1 aromatic rings. The number of rotatable bonds is 3. The van der Waals surface area contributed by atoms with Crippen molar-refractivity contribution in [3.63, 3.8) is 0 Å². The van der Waals surface area contributed by atoms with Crippen LogP contribution in [0.25, 0.3) is 0 Å². The zero-order valence-corrected chi connectivity index (χ0v) is 13.7. The molecule has 1 spiro atoms. The Bertz CT molecular complexity index is 596. The average Bonchev–Trinajstić information content (AvgIpc) is 3.02. The van der Waals surface area contributed by atoms with Crippen LogP contribution in [0.4, 0.5) is 10.5 Å². The van der Waals surface area contributed by atoms with Crippen LogP contribution in [0.2, 0.25) is 0 Å². The topological polar surface area (TPSA) is 85.9 Å². The first-order valence-corrected chi connectivity index (χ1v) is 8.08. The van der Waals surface area contributed by atoms with Gasteiger partial charge in [-0.1, -0.05) is 0 Å². The molecule has 0 saturated carbocycles. The van der Waals surface area contributed by atoms with Gasteiger partial charge in [-0.2, -0.15) is 0 Å². The molecule has 7 heteroatoms. The van der Waals surface area contributed by atoms with E-state index >= 15 is 0 Å². The zero-order chi connectivity index (χ0) is 17.0. The van der Waals surface area contributed by atoms with Crippen LogP contribution in [0.3, 0.4) is 0 Å². The molecular formula is C17H22N2O5. The summed E-state index contributed by atoms with van der Waals surface area (Å²) in [6.45, 7) is 1.94. The number of methoxy groups -OCH3 is 1. The lowest BCUT2D eigenvalue weighted by molar-refractivity contribution is -0.0877. The number of carbonyl (C=O) groups is 2. The van der Waals surface area contributed by atoms with Crippen LogP contribution in [0.15, 0.2) is 24.3 Å². The molecular weight excluding hydrogens is 312 g/mol. The molecule has 2 fully saturated rings. The minimum atomic E-state index is -0.405. The van der Waals surface area contributed by atoms with Crippen molar-refractivity contribution in [1.82, 2.24) is 5.32 Å². The van der Waals surface area contributed by atoms with E-state index in [2.05, 4.69) is 15.4 Å². The molecule has 2 amide bonds. The second-order valence-electron chi connectivity index (χ2n) is 6.19. The van der Waals surface area contributed by atoms with E-state index in [1.54, 1.807) is 24.3 Å². The first-order chi connectivity index (χ1) is 11.6. The Morgan fingerprint density at radius 3 is 2.71 bits per heavy atom. The number of carbonyl (C=O) groups excluding carboxylic acids is 2. The third-order valence-corrected chi connectivity index (χ3v) is 4.46. The van der Waals surface area contributed by atoms with Gasteiger partial charge in [-0.15, -0.1) is 0 Å². The number of hydrogen-bond donors (Lipinski definition) is 2. The lowest BCUT2D eigenvalue weighted by Crippen LogP contribution is -2.49. The Balaban J connectivity index is 1.52. The molecule has 130 valence electrons.